The number of thiazole rings is 1. The number of carbonyl (C=O) groups excluding carboxylic acids is 1. The molecule has 0 aliphatic carbocycles. The molecule has 4 rings (SSSR count). The fourth-order valence-corrected chi connectivity index (χ4v) is 5.26. The number of carbonyl (C=O) groups is 1. The highest BCUT2D eigenvalue weighted by atomic mass is 35.5. The van der Waals surface area contributed by atoms with Crippen LogP contribution in [-0.4, -0.2) is 37.2 Å². The number of aromatic nitrogens is 5. The Hall–Kier alpha value is -2.75. The Morgan fingerprint density at radius 1 is 1.24 bits per heavy atom. The van der Waals surface area contributed by atoms with Gasteiger partial charge in [-0.25, -0.2) is 4.98 Å². The highest BCUT2D eigenvalue weighted by Crippen LogP contribution is 2.32. The number of benzene rings is 1. The van der Waals surface area contributed by atoms with Crippen LogP contribution in [0.15, 0.2) is 53.3 Å². The Morgan fingerprint density at radius 3 is 2.91 bits per heavy atom. The van der Waals surface area contributed by atoms with Crippen LogP contribution in [0.4, 0.5) is 0 Å². The summed E-state index contributed by atoms with van der Waals surface area (Å²) in [5.41, 5.74) is 3.27. The fourth-order valence-electron chi connectivity index (χ4n) is 3.36. The zero-order valence-corrected chi connectivity index (χ0v) is 21.4. The van der Waals surface area contributed by atoms with E-state index >= 15 is 0 Å². The van der Waals surface area contributed by atoms with Gasteiger partial charge in [0.2, 0.25) is 0 Å². The van der Waals surface area contributed by atoms with Crippen molar-refractivity contribution >= 4 is 40.6 Å². The van der Waals surface area contributed by atoms with Gasteiger partial charge in [0.15, 0.2) is 11.0 Å². The first-order valence-electron chi connectivity index (χ1n) is 11.0. The van der Waals surface area contributed by atoms with Crippen molar-refractivity contribution in [1.29, 1.82) is 0 Å². The van der Waals surface area contributed by atoms with Gasteiger partial charge in [-0.15, -0.1) is 21.5 Å². The van der Waals surface area contributed by atoms with Crippen LogP contribution in [0.5, 0.6) is 0 Å². The van der Waals surface area contributed by atoms with E-state index in [9.17, 15) is 4.79 Å². The number of rotatable bonds is 10. The average Bonchev–Trinajstić information content (AvgIpc) is 3.50. The fraction of sp³-hybridized carbons (Fsp3) is 0.292. The summed E-state index contributed by atoms with van der Waals surface area (Å²) in [7, 11) is 0. The van der Waals surface area contributed by atoms with Crippen LogP contribution < -0.4 is 5.32 Å². The Morgan fingerprint density at radius 2 is 2.12 bits per heavy atom. The van der Waals surface area contributed by atoms with E-state index in [1.165, 1.54) is 23.1 Å². The maximum Gasteiger partial charge on any atom is 0.270 e. The third kappa shape index (κ3) is 5.84. The minimum absolute atomic E-state index is 0.125. The van der Waals surface area contributed by atoms with Crippen LogP contribution in [0.3, 0.4) is 0 Å². The summed E-state index contributed by atoms with van der Waals surface area (Å²) in [5.74, 6) is 1.13. The van der Waals surface area contributed by atoms with E-state index in [1.54, 1.807) is 17.8 Å². The van der Waals surface area contributed by atoms with E-state index in [0.717, 1.165) is 41.1 Å². The van der Waals surface area contributed by atoms with E-state index in [4.69, 9.17) is 11.6 Å². The molecule has 3 heterocycles. The van der Waals surface area contributed by atoms with Gasteiger partial charge in [0, 0.05) is 34.9 Å². The van der Waals surface area contributed by atoms with E-state index in [2.05, 4.69) is 32.4 Å². The third-order valence-corrected chi connectivity index (χ3v) is 7.35. The summed E-state index contributed by atoms with van der Waals surface area (Å²) in [4.78, 5) is 21.1. The van der Waals surface area contributed by atoms with Gasteiger partial charge in [0.05, 0.1) is 11.4 Å². The predicted octanol–water partition coefficient (Wildman–Crippen LogP) is 5.96. The predicted molar refractivity (Wildman–Crippen MR) is 138 cm³/mol. The molecular formula is C24H25ClN6OS2. The van der Waals surface area contributed by atoms with Gasteiger partial charge in [0.25, 0.3) is 5.91 Å². The monoisotopic (exact) mass is 512 g/mol. The second-order valence-corrected chi connectivity index (χ2v) is 10.0. The lowest BCUT2D eigenvalue weighted by atomic mass is 10.2. The first-order valence-corrected chi connectivity index (χ1v) is 13.3. The number of amides is 1. The molecule has 0 saturated heterocycles. The molecule has 0 saturated carbocycles. The number of hydrogen-bond acceptors (Lipinski definition) is 7. The van der Waals surface area contributed by atoms with Crippen LogP contribution >= 0.6 is 34.7 Å². The second kappa shape index (κ2) is 11.6. The van der Waals surface area contributed by atoms with Gasteiger partial charge in [-0.2, -0.15) is 0 Å². The van der Waals surface area contributed by atoms with Crippen LogP contribution in [0.2, 0.25) is 5.02 Å². The minimum Gasteiger partial charge on any atom is -0.351 e. The summed E-state index contributed by atoms with van der Waals surface area (Å²) in [6.07, 6.45) is 6.70. The van der Waals surface area contributed by atoms with E-state index in [-0.39, 0.29) is 5.91 Å². The van der Waals surface area contributed by atoms with Crippen molar-refractivity contribution in [3.05, 3.63) is 69.4 Å². The number of unbranched alkanes of at least 4 members (excludes halogenated alkanes) is 2. The summed E-state index contributed by atoms with van der Waals surface area (Å²) >= 11 is 9.31. The summed E-state index contributed by atoms with van der Waals surface area (Å²) < 4.78 is 2.00. The quantitative estimate of drug-likeness (QED) is 0.208. The molecule has 1 N–H and O–H groups in total. The Balaban J connectivity index is 1.55. The average molecular weight is 513 g/mol. The second-order valence-electron chi connectivity index (χ2n) is 7.69. The standard InChI is InChI=1S/C24H25ClN6OS2/c1-3-4-5-11-27-23(32)19-14-33-21(28-19)15-34-24-30-29-22(17-7-6-10-26-13-17)31(24)20-12-18(25)9-8-16(20)2/h6-10,12-14H,3-5,11,15H2,1-2H3,(H,27,32). The van der Waals surface area contributed by atoms with Crippen LogP contribution in [0, 0.1) is 6.92 Å². The summed E-state index contributed by atoms with van der Waals surface area (Å²) in [6.45, 7) is 4.84. The molecule has 7 nitrogen and oxygen atoms in total. The number of pyridine rings is 1. The zero-order chi connectivity index (χ0) is 23.9. The van der Waals surface area contributed by atoms with Gasteiger partial charge >= 0.3 is 0 Å². The number of hydrogen-bond donors (Lipinski definition) is 1. The van der Waals surface area contributed by atoms with Crippen LogP contribution in [0.25, 0.3) is 17.1 Å². The molecule has 0 fully saturated rings. The molecular weight excluding hydrogens is 488 g/mol. The number of thioether (sulfide) groups is 1. The molecule has 1 amide bonds. The maximum atomic E-state index is 12.3. The molecule has 3 aromatic heterocycles. The van der Waals surface area contributed by atoms with Crippen LogP contribution in [-0.2, 0) is 5.75 Å². The van der Waals surface area contributed by atoms with Gasteiger partial charge in [-0.3, -0.25) is 14.3 Å². The zero-order valence-electron chi connectivity index (χ0n) is 19.0. The van der Waals surface area contributed by atoms with Gasteiger partial charge in [-0.05, 0) is 43.2 Å². The number of aryl methyl sites for hydroxylation is 1. The molecule has 0 radical (unpaired) electrons. The number of halogens is 1. The molecule has 0 spiro atoms. The molecule has 1 aromatic carbocycles. The number of nitrogens with zero attached hydrogens (tertiary/aromatic N) is 5. The first-order chi connectivity index (χ1) is 16.6. The SMILES string of the molecule is CCCCCNC(=O)c1csc(CSc2nnc(-c3cccnc3)n2-c2cc(Cl)ccc2C)n1. The molecule has 176 valence electrons. The Bertz CT molecular complexity index is 1260. The Labute approximate surface area is 212 Å². The van der Waals surface area contributed by atoms with Crippen molar-refractivity contribution in [3.8, 4) is 17.1 Å². The molecule has 4 aromatic rings. The lowest BCUT2D eigenvalue weighted by molar-refractivity contribution is 0.0948. The molecule has 34 heavy (non-hydrogen) atoms. The molecule has 0 bridgehead atoms. The van der Waals surface area contributed by atoms with Crippen molar-refractivity contribution < 1.29 is 4.79 Å². The van der Waals surface area contributed by atoms with Crippen molar-refractivity contribution in [2.24, 2.45) is 0 Å². The molecule has 0 unspecified atom stereocenters. The van der Waals surface area contributed by atoms with E-state index in [0.29, 0.717) is 34.0 Å². The van der Waals surface area contributed by atoms with Gasteiger partial charge in [0.1, 0.15) is 10.7 Å². The number of nitrogens with one attached hydrogen (secondary N) is 1. The van der Waals surface area contributed by atoms with Crippen molar-refractivity contribution in [1.82, 2.24) is 30.0 Å². The maximum absolute atomic E-state index is 12.3. The molecule has 0 aliphatic rings. The summed E-state index contributed by atoms with van der Waals surface area (Å²) in [6, 6.07) is 9.58. The lowest BCUT2D eigenvalue weighted by Gasteiger charge is -2.13. The molecule has 0 atom stereocenters. The van der Waals surface area contributed by atoms with Crippen molar-refractivity contribution in [3.63, 3.8) is 0 Å². The largest absolute Gasteiger partial charge is 0.351 e. The van der Waals surface area contributed by atoms with Gasteiger partial charge in [-0.1, -0.05) is 49.2 Å². The molecule has 10 heteroatoms. The lowest BCUT2D eigenvalue weighted by Crippen LogP contribution is -2.24. The van der Waals surface area contributed by atoms with E-state index < -0.39 is 0 Å². The topological polar surface area (TPSA) is 85.6 Å². The Kier molecular flexibility index (Phi) is 8.31. The minimum atomic E-state index is -0.125. The highest BCUT2D eigenvalue weighted by molar-refractivity contribution is 7.98. The van der Waals surface area contributed by atoms with E-state index in [1.807, 2.05) is 41.8 Å². The van der Waals surface area contributed by atoms with Crippen molar-refractivity contribution in [2.45, 2.75) is 44.0 Å². The smallest absolute Gasteiger partial charge is 0.270 e. The molecule has 0 aliphatic heterocycles. The third-order valence-electron chi connectivity index (χ3n) is 5.14. The van der Waals surface area contributed by atoms with Crippen LogP contribution in [0.1, 0.15) is 47.2 Å². The van der Waals surface area contributed by atoms with Gasteiger partial charge < -0.3 is 5.32 Å². The van der Waals surface area contributed by atoms with Crippen molar-refractivity contribution in [2.75, 3.05) is 6.54 Å². The first kappa shape index (κ1) is 24.4. The highest BCUT2D eigenvalue weighted by Gasteiger charge is 2.19. The normalized spacial score (nSPS) is 11.0. The summed E-state index contributed by atoms with van der Waals surface area (Å²) in [5, 5.41) is 15.9.